The first kappa shape index (κ1) is 13.4. The molecule has 19 heavy (non-hydrogen) atoms. The minimum Gasteiger partial charge on any atom is -0.478 e. The van der Waals surface area contributed by atoms with Gasteiger partial charge in [0.05, 0.1) is 18.9 Å². The first-order valence-electron chi connectivity index (χ1n) is 5.73. The lowest BCUT2D eigenvalue weighted by atomic mass is 10.1. The summed E-state index contributed by atoms with van der Waals surface area (Å²) in [7, 11) is 0. The van der Waals surface area contributed by atoms with E-state index in [2.05, 4.69) is 9.97 Å². The maximum Gasteiger partial charge on any atom is 0.339 e. The van der Waals surface area contributed by atoms with E-state index >= 15 is 0 Å². The van der Waals surface area contributed by atoms with Gasteiger partial charge < -0.3 is 15.6 Å². The van der Waals surface area contributed by atoms with Crippen LogP contribution in [0.5, 0.6) is 0 Å². The summed E-state index contributed by atoms with van der Waals surface area (Å²) < 4.78 is 5.20. The molecule has 1 saturated heterocycles. The van der Waals surface area contributed by atoms with E-state index in [-0.39, 0.29) is 18.7 Å². The number of aromatic carboxylic acids is 1. The lowest BCUT2D eigenvalue weighted by molar-refractivity contribution is -0.129. The Morgan fingerprint density at radius 1 is 1.58 bits per heavy atom. The first-order valence-corrected chi connectivity index (χ1v) is 5.73. The minimum absolute atomic E-state index is 0.0252. The second-order valence-electron chi connectivity index (χ2n) is 4.15. The third-order valence-electron chi connectivity index (χ3n) is 2.95. The molecule has 1 amide bonds. The van der Waals surface area contributed by atoms with Crippen LogP contribution in [0.4, 0.5) is 0 Å². The predicted octanol–water partition coefficient (Wildman–Crippen LogP) is -1.14. The van der Waals surface area contributed by atoms with E-state index in [1.165, 1.54) is 12.5 Å². The van der Waals surface area contributed by atoms with E-state index in [1.807, 2.05) is 0 Å². The van der Waals surface area contributed by atoms with Gasteiger partial charge in [0.25, 0.3) is 0 Å². The van der Waals surface area contributed by atoms with E-state index < -0.39 is 17.9 Å². The molecule has 1 aliphatic rings. The third kappa shape index (κ3) is 3.04. The fourth-order valence-corrected chi connectivity index (χ4v) is 1.94. The molecule has 1 fully saturated rings. The van der Waals surface area contributed by atoms with E-state index in [0.717, 1.165) is 0 Å². The van der Waals surface area contributed by atoms with Crippen LogP contribution in [0.1, 0.15) is 16.1 Å². The van der Waals surface area contributed by atoms with E-state index in [4.69, 9.17) is 15.6 Å². The number of carbonyl (C=O) groups is 2. The first-order chi connectivity index (χ1) is 9.09. The number of amides is 1. The van der Waals surface area contributed by atoms with Gasteiger partial charge in [0, 0.05) is 19.3 Å². The second kappa shape index (κ2) is 5.72. The molecular formula is C11H14N4O4. The summed E-state index contributed by atoms with van der Waals surface area (Å²) in [6, 6.07) is -0.564. The van der Waals surface area contributed by atoms with E-state index in [1.54, 1.807) is 4.90 Å². The van der Waals surface area contributed by atoms with Gasteiger partial charge in [0.15, 0.2) is 0 Å². The van der Waals surface area contributed by atoms with Crippen molar-refractivity contribution >= 4 is 11.9 Å². The highest BCUT2D eigenvalue weighted by molar-refractivity contribution is 5.88. The summed E-state index contributed by atoms with van der Waals surface area (Å²) in [6.45, 7) is 1.40. The van der Waals surface area contributed by atoms with Crippen molar-refractivity contribution in [1.82, 2.24) is 14.9 Å². The summed E-state index contributed by atoms with van der Waals surface area (Å²) >= 11 is 0. The largest absolute Gasteiger partial charge is 0.478 e. The van der Waals surface area contributed by atoms with Gasteiger partial charge in [-0.1, -0.05) is 0 Å². The van der Waals surface area contributed by atoms with Crippen molar-refractivity contribution < 1.29 is 19.4 Å². The third-order valence-corrected chi connectivity index (χ3v) is 2.95. The maximum absolute atomic E-state index is 11.3. The molecule has 0 radical (unpaired) electrons. The molecule has 1 atom stereocenters. The normalized spacial score (nSPS) is 20.1. The highest BCUT2D eigenvalue weighted by Gasteiger charge is 2.29. The highest BCUT2D eigenvalue weighted by Crippen LogP contribution is 2.13. The van der Waals surface area contributed by atoms with Gasteiger partial charge in [-0.2, -0.15) is 0 Å². The van der Waals surface area contributed by atoms with Crippen LogP contribution in [0.3, 0.4) is 0 Å². The van der Waals surface area contributed by atoms with Crippen LogP contribution >= 0.6 is 0 Å². The molecular weight excluding hydrogens is 252 g/mol. The molecule has 102 valence electrons. The number of carbonyl (C=O) groups excluding carboxylic acids is 1. The lowest BCUT2D eigenvalue weighted by Gasteiger charge is -2.33. The number of primary amides is 1. The number of nitrogens with zero attached hydrogens (tertiary/aromatic N) is 3. The molecule has 1 aliphatic heterocycles. The molecule has 0 aromatic carbocycles. The maximum atomic E-state index is 11.3. The zero-order chi connectivity index (χ0) is 13.8. The van der Waals surface area contributed by atoms with Crippen molar-refractivity contribution in [3.8, 4) is 0 Å². The molecule has 0 bridgehead atoms. The fraction of sp³-hybridized carbons (Fsp3) is 0.455. The van der Waals surface area contributed by atoms with Gasteiger partial charge >= 0.3 is 5.97 Å². The predicted molar refractivity (Wildman–Crippen MR) is 63.2 cm³/mol. The Kier molecular flexibility index (Phi) is 4.03. The Morgan fingerprint density at radius 2 is 2.37 bits per heavy atom. The second-order valence-corrected chi connectivity index (χ2v) is 4.15. The molecule has 3 N–H and O–H groups in total. The zero-order valence-electron chi connectivity index (χ0n) is 10.2. The Balaban J connectivity index is 2.19. The van der Waals surface area contributed by atoms with Crippen LogP contribution < -0.4 is 5.73 Å². The van der Waals surface area contributed by atoms with Crippen molar-refractivity contribution in [2.75, 3.05) is 19.8 Å². The Hall–Kier alpha value is -2.06. The number of aromatic nitrogens is 2. The molecule has 2 rings (SSSR count). The highest BCUT2D eigenvalue weighted by atomic mass is 16.5. The topological polar surface area (TPSA) is 119 Å². The fourth-order valence-electron chi connectivity index (χ4n) is 1.94. The van der Waals surface area contributed by atoms with Crippen LogP contribution in [0.2, 0.25) is 0 Å². The molecule has 1 aromatic heterocycles. The number of hydrogen-bond acceptors (Lipinski definition) is 6. The molecule has 8 nitrogen and oxygen atoms in total. The van der Waals surface area contributed by atoms with Crippen molar-refractivity contribution in [1.29, 1.82) is 0 Å². The van der Waals surface area contributed by atoms with Crippen molar-refractivity contribution in [3.63, 3.8) is 0 Å². The summed E-state index contributed by atoms with van der Waals surface area (Å²) in [5.41, 5.74) is 5.68. The van der Waals surface area contributed by atoms with Crippen LogP contribution in [0, 0.1) is 0 Å². The van der Waals surface area contributed by atoms with Crippen LogP contribution in [-0.4, -0.2) is 57.7 Å². The van der Waals surface area contributed by atoms with Crippen LogP contribution in [0.15, 0.2) is 12.5 Å². The number of carboxylic acids is 1. The summed E-state index contributed by atoms with van der Waals surface area (Å²) in [4.78, 5) is 31.8. The van der Waals surface area contributed by atoms with Gasteiger partial charge in [-0.25, -0.2) is 14.8 Å². The van der Waals surface area contributed by atoms with E-state index in [9.17, 15) is 9.59 Å². The molecule has 1 unspecified atom stereocenters. The van der Waals surface area contributed by atoms with E-state index in [0.29, 0.717) is 18.8 Å². The quantitative estimate of drug-likeness (QED) is 0.707. The van der Waals surface area contributed by atoms with Crippen LogP contribution in [0.25, 0.3) is 0 Å². The molecule has 2 heterocycles. The van der Waals surface area contributed by atoms with Gasteiger partial charge in [-0.05, 0) is 0 Å². The SMILES string of the molecule is NC(=O)C1COCCN1Cc1ncncc1C(=O)O. The Labute approximate surface area is 109 Å². The van der Waals surface area contributed by atoms with Gasteiger partial charge in [-0.3, -0.25) is 9.69 Å². The smallest absolute Gasteiger partial charge is 0.339 e. The summed E-state index contributed by atoms with van der Waals surface area (Å²) in [6.07, 6.45) is 2.52. The van der Waals surface area contributed by atoms with Gasteiger partial charge in [-0.15, -0.1) is 0 Å². The average Bonchev–Trinajstić information content (AvgIpc) is 2.39. The number of morpholine rings is 1. The van der Waals surface area contributed by atoms with Gasteiger partial charge in [0.2, 0.25) is 5.91 Å². The Bertz CT molecular complexity index is 493. The number of nitrogens with two attached hydrogens (primary N) is 1. The van der Waals surface area contributed by atoms with Gasteiger partial charge in [0.1, 0.15) is 17.9 Å². The van der Waals surface area contributed by atoms with Crippen molar-refractivity contribution in [2.45, 2.75) is 12.6 Å². The standard InChI is InChI=1S/C11H14N4O4/c12-10(16)9-5-19-2-1-15(9)4-8-7(11(17)18)3-13-6-14-8/h3,6,9H,1-2,4-5H2,(H2,12,16)(H,17,18). The molecule has 8 heteroatoms. The zero-order valence-corrected chi connectivity index (χ0v) is 10.2. The summed E-state index contributed by atoms with van der Waals surface area (Å²) in [5.74, 6) is -1.59. The Morgan fingerprint density at radius 3 is 3.05 bits per heavy atom. The molecule has 0 saturated carbocycles. The number of hydrogen-bond donors (Lipinski definition) is 2. The molecule has 0 spiro atoms. The number of ether oxygens (including phenoxy) is 1. The molecule has 1 aromatic rings. The average molecular weight is 266 g/mol. The summed E-state index contributed by atoms with van der Waals surface area (Å²) in [5, 5.41) is 9.06. The molecule has 0 aliphatic carbocycles. The van der Waals surface area contributed by atoms with Crippen LogP contribution in [-0.2, 0) is 16.1 Å². The van der Waals surface area contributed by atoms with Crippen molar-refractivity contribution in [3.05, 3.63) is 23.8 Å². The monoisotopic (exact) mass is 266 g/mol. The number of rotatable bonds is 4. The van der Waals surface area contributed by atoms with Crippen molar-refractivity contribution in [2.24, 2.45) is 5.73 Å². The number of carboxylic acid groups (broad SMARTS) is 1. The lowest BCUT2D eigenvalue weighted by Crippen LogP contribution is -2.52. The minimum atomic E-state index is -1.10.